The fourth-order valence-electron chi connectivity index (χ4n) is 5.71. The highest BCUT2D eigenvalue weighted by atomic mass is 35.5. The second-order valence-electron chi connectivity index (χ2n) is 11.4. The summed E-state index contributed by atoms with van der Waals surface area (Å²) in [7, 11) is 0. The molecule has 0 saturated carbocycles. The molecule has 2 amide bonds. The van der Waals surface area contributed by atoms with Gasteiger partial charge in [-0.05, 0) is 38.3 Å². The van der Waals surface area contributed by atoms with Crippen LogP contribution in [0.15, 0.2) is 78.9 Å². The number of ether oxygens (including phenoxy) is 1. The summed E-state index contributed by atoms with van der Waals surface area (Å²) in [6, 6.07) is 23.0. The summed E-state index contributed by atoms with van der Waals surface area (Å²) in [4.78, 5) is 42.9. The summed E-state index contributed by atoms with van der Waals surface area (Å²) in [5, 5.41) is 6.52. The lowest BCUT2D eigenvalue weighted by atomic mass is 9.79. The van der Waals surface area contributed by atoms with Crippen molar-refractivity contribution in [2.24, 2.45) is 5.92 Å². The summed E-state index contributed by atoms with van der Waals surface area (Å²) in [5.41, 5.74) is 1.66. The minimum atomic E-state index is -1.40. The summed E-state index contributed by atoms with van der Waals surface area (Å²) in [6.45, 7) is 9.59. The highest BCUT2D eigenvalue weighted by molar-refractivity contribution is 6.31. The number of amides is 2. The van der Waals surface area contributed by atoms with E-state index < -0.39 is 23.7 Å². The van der Waals surface area contributed by atoms with Gasteiger partial charge in [0.15, 0.2) is 5.60 Å². The number of rotatable bonds is 12. The molecule has 3 atom stereocenters. The number of nitrogens with zero attached hydrogens (tertiary/aromatic N) is 1. The Bertz CT molecular complexity index is 1390. The van der Waals surface area contributed by atoms with E-state index in [4.69, 9.17) is 16.3 Å². The molecule has 0 aromatic heterocycles. The molecule has 0 spiro atoms. The summed E-state index contributed by atoms with van der Waals surface area (Å²) < 4.78 is 6.54. The minimum absolute atomic E-state index is 0.0121. The molecule has 4 rings (SSSR count). The minimum Gasteiger partial charge on any atom is -0.444 e. The normalized spacial score (nSPS) is 15.9. The number of halogens is 1. The van der Waals surface area contributed by atoms with E-state index in [9.17, 15) is 14.4 Å². The van der Waals surface area contributed by atoms with Crippen LogP contribution in [0.3, 0.4) is 0 Å². The molecule has 7 nitrogen and oxygen atoms in total. The maximum atomic E-state index is 14.1. The number of aryl methyl sites for hydroxylation is 1. The van der Waals surface area contributed by atoms with Crippen LogP contribution in [0.4, 0.5) is 0 Å². The molecule has 2 N–H and O–H groups in total. The molecule has 1 saturated heterocycles. The standard InChI is InChI=1S/C35H42ClN3O4/c1-5-37-32(24(2)3)33(41)38-30(34(42)39-21-11-12-22-39)23-31(40)43-35(26-13-7-6-8-14-26,27-19-17-25(4)18-20-27)28-15-9-10-16-29(28)36/h6-10,13-20,24,30,32,37H,5,11-12,21-23H2,1-4H3,(H,38,41)/t30-,32-,35?/m0/s1. The SMILES string of the molecule is CCN[C@H](C(=O)N[C@@H](CC(=O)OC(c1ccccc1)(c1ccc(C)cc1)c1ccccc1Cl)C(=O)N1CCCC1)C(C)C. The van der Waals surface area contributed by atoms with Crippen LogP contribution in [0.25, 0.3) is 0 Å². The van der Waals surface area contributed by atoms with Crippen LogP contribution in [0.5, 0.6) is 0 Å². The van der Waals surface area contributed by atoms with Crippen molar-refractivity contribution < 1.29 is 19.1 Å². The maximum Gasteiger partial charge on any atom is 0.310 e. The van der Waals surface area contributed by atoms with Crippen molar-refractivity contribution in [1.29, 1.82) is 0 Å². The van der Waals surface area contributed by atoms with Crippen LogP contribution in [0.1, 0.15) is 62.3 Å². The van der Waals surface area contributed by atoms with Gasteiger partial charge >= 0.3 is 5.97 Å². The predicted molar refractivity (Wildman–Crippen MR) is 170 cm³/mol. The van der Waals surface area contributed by atoms with Crippen molar-refractivity contribution in [2.75, 3.05) is 19.6 Å². The van der Waals surface area contributed by atoms with Crippen molar-refractivity contribution >= 4 is 29.4 Å². The molecule has 0 aliphatic carbocycles. The highest BCUT2D eigenvalue weighted by Crippen LogP contribution is 2.43. The van der Waals surface area contributed by atoms with Gasteiger partial charge in [-0.2, -0.15) is 0 Å². The highest BCUT2D eigenvalue weighted by Gasteiger charge is 2.43. The van der Waals surface area contributed by atoms with E-state index in [0.717, 1.165) is 18.4 Å². The Balaban J connectivity index is 1.76. The van der Waals surface area contributed by atoms with Gasteiger partial charge in [0.05, 0.1) is 12.5 Å². The van der Waals surface area contributed by atoms with Crippen molar-refractivity contribution in [1.82, 2.24) is 15.5 Å². The van der Waals surface area contributed by atoms with Crippen LogP contribution in [0, 0.1) is 12.8 Å². The van der Waals surface area contributed by atoms with Crippen molar-refractivity contribution in [2.45, 2.75) is 64.6 Å². The molecular weight excluding hydrogens is 562 g/mol. The second-order valence-corrected chi connectivity index (χ2v) is 11.9. The third-order valence-electron chi connectivity index (χ3n) is 7.93. The van der Waals surface area contributed by atoms with Crippen molar-refractivity contribution in [3.63, 3.8) is 0 Å². The van der Waals surface area contributed by atoms with Gasteiger partial charge in [-0.15, -0.1) is 0 Å². The van der Waals surface area contributed by atoms with Gasteiger partial charge in [0.1, 0.15) is 6.04 Å². The Morgan fingerprint density at radius 2 is 1.51 bits per heavy atom. The third-order valence-corrected chi connectivity index (χ3v) is 8.26. The number of carbonyl (C=O) groups excluding carboxylic acids is 3. The number of likely N-dealkylation sites (N-methyl/N-ethyl adjacent to an activating group) is 1. The van der Waals surface area contributed by atoms with Crippen LogP contribution in [-0.4, -0.2) is 54.4 Å². The summed E-state index contributed by atoms with van der Waals surface area (Å²) in [6.07, 6.45) is 1.45. The van der Waals surface area contributed by atoms with Crippen LogP contribution < -0.4 is 10.6 Å². The van der Waals surface area contributed by atoms with E-state index in [1.165, 1.54) is 0 Å². The predicted octanol–water partition coefficient (Wildman–Crippen LogP) is 5.61. The molecule has 0 radical (unpaired) electrons. The molecule has 1 aliphatic heterocycles. The molecule has 1 heterocycles. The summed E-state index contributed by atoms with van der Waals surface area (Å²) in [5.74, 6) is -1.24. The lowest BCUT2D eigenvalue weighted by Gasteiger charge is -2.36. The quantitative estimate of drug-likeness (QED) is 0.207. The molecular formula is C35H42ClN3O4. The molecule has 3 aromatic carbocycles. The van der Waals surface area contributed by atoms with E-state index >= 15 is 0 Å². The maximum absolute atomic E-state index is 14.1. The monoisotopic (exact) mass is 603 g/mol. The first-order chi connectivity index (χ1) is 20.7. The van der Waals surface area contributed by atoms with E-state index in [1.807, 2.05) is 100 Å². The summed E-state index contributed by atoms with van der Waals surface area (Å²) >= 11 is 6.81. The Morgan fingerprint density at radius 3 is 2.12 bits per heavy atom. The topological polar surface area (TPSA) is 87.7 Å². The van der Waals surface area contributed by atoms with Gasteiger partial charge in [0.2, 0.25) is 11.8 Å². The number of hydrogen-bond acceptors (Lipinski definition) is 5. The molecule has 1 fully saturated rings. The lowest BCUT2D eigenvalue weighted by Crippen LogP contribution is -2.55. The first-order valence-electron chi connectivity index (χ1n) is 15.1. The molecule has 0 bridgehead atoms. The van der Waals surface area contributed by atoms with Gasteiger partial charge in [-0.25, -0.2) is 0 Å². The van der Waals surface area contributed by atoms with Crippen LogP contribution in [-0.2, 0) is 24.7 Å². The van der Waals surface area contributed by atoms with E-state index in [1.54, 1.807) is 11.0 Å². The molecule has 228 valence electrons. The second kappa shape index (κ2) is 14.7. The molecule has 43 heavy (non-hydrogen) atoms. The number of carbonyl (C=O) groups is 3. The molecule has 1 unspecified atom stereocenters. The Hall–Kier alpha value is -3.68. The zero-order valence-electron chi connectivity index (χ0n) is 25.4. The van der Waals surface area contributed by atoms with Crippen molar-refractivity contribution in [3.05, 3.63) is 106 Å². The number of benzene rings is 3. The Labute approximate surface area is 260 Å². The smallest absolute Gasteiger partial charge is 0.310 e. The van der Waals surface area contributed by atoms with Gasteiger partial charge < -0.3 is 20.3 Å². The fraction of sp³-hybridized carbons (Fsp3) is 0.400. The first kappa shape index (κ1) is 32.2. The largest absolute Gasteiger partial charge is 0.444 e. The average Bonchev–Trinajstić information content (AvgIpc) is 3.54. The fourth-order valence-corrected chi connectivity index (χ4v) is 5.98. The van der Waals surface area contributed by atoms with E-state index in [2.05, 4.69) is 10.6 Å². The number of likely N-dealkylation sites (tertiary alicyclic amines) is 1. The van der Waals surface area contributed by atoms with E-state index in [0.29, 0.717) is 41.3 Å². The molecule has 8 heteroatoms. The third kappa shape index (κ3) is 7.46. The van der Waals surface area contributed by atoms with E-state index in [-0.39, 0.29) is 24.2 Å². The Morgan fingerprint density at radius 1 is 0.907 bits per heavy atom. The number of esters is 1. The zero-order valence-corrected chi connectivity index (χ0v) is 26.2. The van der Waals surface area contributed by atoms with Crippen LogP contribution >= 0.6 is 11.6 Å². The number of hydrogen-bond donors (Lipinski definition) is 2. The van der Waals surface area contributed by atoms with Gasteiger partial charge in [-0.1, -0.05) is 111 Å². The lowest BCUT2D eigenvalue weighted by molar-refractivity contribution is -0.156. The zero-order chi connectivity index (χ0) is 31.0. The van der Waals surface area contributed by atoms with Gasteiger partial charge in [0, 0.05) is 34.8 Å². The van der Waals surface area contributed by atoms with Crippen LogP contribution in [0.2, 0.25) is 5.02 Å². The van der Waals surface area contributed by atoms with Gasteiger partial charge in [-0.3, -0.25) is 14.4 Å². The van der Waals surface area contributed by atoms with Crippen molar-refractivity contribution in [3.8, 4) is 0 Å². The first-order valence-corrected chi connectivity index (χ1v) is 15.5. The average molecular weight is 604 g/mol. The van der Waals surface area contributed by atoms with Gasteiger partial charge in [0.25, 0.3) is 0 Å². The molecule has 3 aromatic rings. The Kier molecular flexibility index (Phi) is 11.0. The number of nitrogens with one attached hydrogen (secondary N) is 2. The molecule has 1 aliphatic rings.